The molecule has 2 aromatic heterocycles. The van der Waals surface area contributed by atoms with Gasteiger partial charge in [-0.3, -0.25) is 0 Å². The second-order valence-electron chi connectivity index (χ2n) is 3.75. The lowest BCUT2D eigenvalue weighted by Crippen LogP contribution is -1.98. The van der Waals surface area contributed by atoms with E-state index < -0.39 is 0 Å². The zero-order valence-corrected chi connectivity index (χ0v) is 8.73. The van der Waals surface area contributed by atoms with Crippen LogP contribution < -0.4 is 0 Å². The number of hydrogen-bond donors (Lipinski definition) is 0. The van der Waals surface area contributed by atoms with E-state index in [1.807, 2.05) is 10.6 Å². The van der Waals surface area contributed by atoms with Crippen molar-refractivity contribution >= 4 is 16.4 Å². The Labute approximate surface area is 87.4 Å². The first kappa shape index (κ1) is 8.41. The van der Waals surface area contributed by atoms with Crippen molar-refractivity contribution in [3.05, 3.63) is 41.9 Å². The molecule has 2 heterocycles. The number of aryl methyl sites for hydroxylation is 2. The van der Waals surface area contributed by atoms with Crippen LogP contribution in [0.1, 0.15) is 11.3 Å². The molecule has 3 rings (SSSR count). The largest absolute Gasteiger partial charge is 0.217 e. The second kappa shape index (κ2) is 2.79. The van der Waals surface area contributed by atoms with Crippen LogP contribution in [0.2, 0.25) is 0 Å². The lowest BCUT2D eigenvalue weighted by Gasteiger charge is -2.07. The summed E-state index contributed by atoms with van der Waals surface area (Å²) in [6, 6.07) is 8.31. The minimum atomic E-state index is 0.939. The van der Waals surface area contributed by atoms with Crippen LogP contribution in [0.25, 0.3) is 16.4 Å². The van der Waals surface area contributed by atoms with Gasteiger partial charge in [0.15, 0.2) is 5.65 Å². The highest BCUT2D eigenvalue weighted by Crippen LogP contribution is 2.24. The van der Waals surface area contributed by atoms with Crippen LogP contribution >= 0.6 is 0 Å². The molecule has 0 atom stereocenters. The van der Waals surface area contributed by atoms with Gasteiger partial charge in [0.05, 0.1) is 0 Å². The highest BCUT2D eigenvalue weighted by Gasteiger charge is 2.08. The van der Waals surface area contributed by atoms with Crippen molar-refractivity contribution in [3.63, 3.8) is 0 Å². The van der Waals surface area contributed by atoms with E-state index >= 15 is 0 Å². The Balaban J connectivity index is 2.70. The van der Waals surface area contributed by atoms with E-state index in [0.29, 0.717) is 0 Å². The maximum absolute atomic E-state index is 4.30. The summed E-state index contributed by atoms with van der Waals surface area (Å²) in [6.45, 7) is 4.20. The van der Waals surface area contributed by atoms with Crippen molar-refractivity contribution < 1.29 is 0 Å². The van der Waals surface area contributed by atoms with Crippen LogP contribution in [0, 0.1) is 13.8 Å². The normalized spacial score (nSPS) is 11.3. The van der Waals surface area contributed by atoms with Crippen LogP contribution in [-0.4, -0.2) is 14.6 Å². The van der Waals surface area contributed by atoms with E-state index in [1.54, 1.807) is 6.33 Å². The molecular formula is C12H11N3. The number of rotatable bonds is 0. The molecule has 0 saturated heterocycles. The number of aromatic nitrogens is 3. The average molecular weight is 197 g/mol. The van der Waals surface area contributed by atoms with Crippen molar-refractivity contribution in [2.45, 2.75) is 13.8 Å². The standard InChI is InChI=1S/C12H11N3/c1-8-9(2)15-12(13-7-14-15)11-6-4-3-5-10(8)11/h3-7H,1-2H3. The molecule has 0 saturated carbocycles. The highest BCUT2D eigenvalue weighted by atomic mass is 15.3. The molecule has 0 unspecified atom stereocenters. The van der Waals surface area contributed by atoms with E-state index in [9.17, 15) is 0 Å². The van der Waals surface area contributed by atoms with Crippen LogP contribution in [-0.2, 0) is 0 Å². The number of nitrogens with zero attached hydrogens (tertiary/aromatic N) is 3. The molecule has 0 fully saturated rings. The predicted octanol–water partition coefficient (Wildman–Crippen LogP) is 2.50. The minimum absolute atomic E-state index is 0.939. The van der Waals surface area contributed by atoms with Gasteiger partial charge in [0, 0.05) is 11.1 Å². The van der Waals surface area contributed by atoms with Crippen LogP contribution in [0.15, 0.2) is 30.6 Å². The first-order valence-electron chi connectivity index (χ1n) is 4.96. The van der Waals surface area contributed by atoms with Crippen LogP contribution in [0.5, 0.6) is 0 Å². The van der Waals surface area contributed by atoms with E-state index in [1.165, 1.54) is 10.9 Å². The van der Waals surface area contributed by atoms with Gasteiger partial charge in [0.2, 0.25) is 0 Å². The Bertz CT molecular complexity index is 652. The maximum atomic E-state index is 4.30. The number of hydrogen-bond acceptors (Lipinski definition) is 2. The fourth-order valence-electron chi connectivity index (χ4n) is 2.03. The van der Waals surface area contributed by atoms with Crippen molar-refractivity contribution in [2.24, 2.45) is 0 Å². The Morgan fingerprint density at radius 2 is 1.80 bits per heavy atom. The fraction of sp³-hybridized carbons (Fsp3) is 0.167. The van der Waals surface area contributed by atoms with Crippen molar-refractivity contribution in [1.82, 2.24) is 14.6 Å². The number of pyridine rings is 1. The summed E-state index contributed by atoms with van der Waals surface area (Å²) in [5.41, 5.74) is 3.36. The summed E-state index contributed by atoms with van der Waals surface area (Å²) in [5.74, 6) is 0. The summed E-state index contributed by atoms with van der Waals surface area (Å²) in [5, 5.41) is 6.66. The number of fused-ring (bicyclic) bond motifs is 3. The van der Waals surface area contributed by atoms with E-state index in [4.69, 9.17) is 0 Å². The molecule has 3 aromatic rings. The van der Waals surface area contributed by atoms with Crippen LogP contribution in [0.3, 0.4) is 0 Å². The minimum Gasteiger partial charge on any atom is -0.217 e. The molecule has 0 N–H and O–H groups in total. The SMILES string of the molecule is Cc1c(C)n2ncnc2c2ccccc12. The van der Waals surface area contributed by atoms with Crippen molar-refractivity contribution in [2.75, 3.05) is 0 Å². The number of benzene rings is 1. The smallest absolute Gasteiger partial charge is 0.163 e. The molecule has 3 nitrogen and oxygen atoms in total. The molecule has 3 heteroatoms. The van der Waals surface area contributed by atoms with Crippen LogP contribution in [0.4, 0.5) is 0 Å². The molecular weight excluding hydrogens is 186 g/mol. The molecule has 0 aliphatic heterocycles. The van der Waals surface area contributed by atoms with Gasteiger partial charge in [-0.2, -0.15) is 5.10 Å². The lowest BCUT2D eigenvalue weighted by molar-refractivity contribution is 0.910. The molecule has 0 bridgehead atoms. The molecule has 0 radical (unpaired) electrons. The first-order chi connectivity index (χ1) is 7.29. The molecule has 0 amide bonds. The second-order valence-corrected chi connectivity index (χ2v) is 3.75. The summed E-state index contributed by atoms with van der Waals surface area (Å²) in [7, 11) is 0. The van der Waals surface area contributed by atoms with E-state index in [-0.39, 0.29) is 0 Å². The quantitative estimate of drug-likeness (QED) is 0.554. The van der Waals surface area contributed by atoms with Gasteiger partial charge in [0.1, 0.15) is 6.33 Å². The van der Waals surface area contributed by atoms with Gasteiger partial charge in [-0.1, -0.05) is 24.3 Å². The Morgan fingerprint density at radius 3 is 2.60 bits per heavy atom. The molecule has 15 heavy (non-hydrogen) atoms. The third-order valence-electron chi connectivity index (χ3n) is 2.98. The van der Waals surface area contributed by atoms with Gasteiger partial charge in [-0.25, -0.2) is 9.50 Å². The topological polar surface area (TPSA) is 30.2 Å². The third-order valence-corrected chi connectivity index (χ3v) is 2.98. The van der Waals surface area contributed by atoms with E-state index in [0.717, 1.165) is 16.7 Å². The molecule has 1 aromatic carbocycles. The highest BCUT2D eigenvalue weighted by molar-refractivity contribution is 5.96. The molecule has 0 spiro atoms. The van der Waals surface area contributed by atoms with Gasteiger partial charge in [-0.05, 0) is 24.8 Å². The zero-order valence-electron chi connectivity index (χ0n) is 8.73. The summed E-state index contributed by atoms with van der Waals surface area (Å²) >= 11 is 0. The lowest BCUT2D eigenvalue weighted by atomic mass is 10.1. The fourth-order valence-corrected chi connectivity index (χ4v) is 2.03. The van der Waals surface area contributed by atoms with Gasteiger partial charge in [0.25, 0.3) is 0 Å². The van der Waals surface area contributed by atoms with Crippen molar-refractivity contribution in [3.8, 4) is 0 Å². The average Bonchev–Trinajstić information content (AvgIpc) is 2.75. The maximum Gasteiger partial charge on any atom is 0.163 e. The zero-order chi connectivity index (χ0) is 10.4. The summed E-state index contributed by atoms with van der Waals surface area (Å²) in [4.78, 5) is 4.30. The summed E-state index contributed by atoms with van der Waals surface area (Å²) < 4.78 is 1.90. The Hall–Kier alpha value is -1.90. The van der Waals surface area contributed by atoms with Gasteiger partial charge >= 0.3 is 0 Å². The first-order valence-corrected chi connectivity index (χ1v) is 4.96. The van der Waals surface area contributed by atoms with Crippen molar-refractivity contribution in [1.29, 1.82) is 0 Å². The third kappa shape index (κ3) is 1.00. The monoisotopic (exact) mass is 197 g/mol. The molecule has 74 valence electrons. The van der Waals surface area contributed by atoms with Gasteiger partial charge in [-0.15, -0.1) is 0 Å². The molecule has 0 aliphatic carbocycles. The Kier molecular flexibility index (Phi) is 1.57. The van der Waals surface area contributed by atoms with Gasteiger partial charge < -0.3 is 0 Å². The Morgan fingerprint density at radius 1 is 1.07 bits per heavy atom. The predicted molar refractivity (Wildman–Crippen MR) is 60.0 cm³/mol. The molecule has 0 aliphatic rings. The van der Waals surface area contributed by atoms with E-state index in [2.05, 4.69) is 42.1 Å². The summed E-state index contributed by atoms with van der Waals surface area (Å²) in [6.07, 6.45) is 1.61.